The van der Waals surface area contributed by atoms with Crippen molar-refractivity contribution >= 4 is 36.4 Å². The number of hydrogen-bond donors (Lipinski definition) is 1. The SMILES string of the molecule is [B]c1cnn2c(NCCCN(C)Cc3ccc(O/C=C/C)cc3)cc(-c3ccccc3Cl)nc12. The molecule has 2 aromatic carbocycles. The summed E-state index contributed by atoms with van der Waals surface area (Å²) in [6.45, 7) is 4.52. The third-order valence-corrected chi connectivity index (χ3v) is 5.72. The highest BCUT2D eigenvalue weighted by atomic mass is 35.5. The zero-order valence-corrected chi connectivity index (χ0v) is 20.2. The number of nitrogens with zero attached hydrogens (tertiary/aromatic N) is 4. The molecule has 1 N–H and O–H groups in total. The average Bonchev–Trinajstić information content (AvgIpc) is 3.22. The minimum Gasteiger partial charge on any atom is -0.465 e. The molecule has 0 aliphatic carbocycles. The summed E-state index contributed by atoms with van der Waals surface area (Å²) in [4.78, 5) is 6.98. The third-order valence-electron chi connectivity index (χ3n) is 5.39. The van der Waals surface area contributed by atoms with Gasteiger partial charge in [-0.3, -0.25) is 0 Å². The van der Waals surface area contributed by atoms with Crippen LogP contribution in [-0.2, 0) is 6.54 Å². The summed E-state index contributed by atoms with van der Waals surface area (Å²) in [7, 11) is 8.23. The molecule has 0 spiro atoms. The van der Waals surface area contributed by atoms with Crippen molar-refractivity contribution in [1.82, 2.24) is 19.5 Å². The molecule has 0 bridgehead atoms. The molecule has 2 heterocycles. The topological polar surface area (TPSA) is 54.7 Å². The second-order valence-electron chi connectivity index (χ2n) is 8.09. The molecule has 6 nitrogen and oxygen atoms in total. The number of rotatable bonds is 10. The highest BCUT2D eigenvalue weighted by Crippen LogP contribution is 2.28. The lowest BCUT2D eigenvalue weighted by Crippen LogP contribution is -2.21. The molecule has 0 saturated heterocycles. The van der Waals surface area contributed by atoms with Crippen LogP contribution in [0.15, 0.2) is 73.1 Å². The Balaban J connectivity index is 1.36. The molecule has 2 aromatic heterocycles. The quantitative estimate of drug-likeness (QED) is 0.207. The van der Waals surface area contributed by atoms with E-state index < -0.39 is 0 Å². The van der Waals surface area contributed by atoms with Crippen LogP contribution in [0, 0.1) is 0 Å². The van der Waals surface area contributed by atoms with Crippen molar-refractivity contribution in [2.45, 2.75) is 19.9 Å². The van der Waals surface area contributed by atoms with Gasteiger partial charge in [0.2, 0.25) is 0 Å². The number of halogens is 1. The van der Waals surface area contributed by atoms with Gasteiger partial charge < -0.3 is 15.0 Å². The van der Waals surface area contributed by atoms with Gasteiger partial charge in [-0.25, -0.2) is 4.98 Å². The lowest BCUT2D eigenvalue weighted by atomic mass is 10.0. The first-order valence-corrected chi connectivity index (χ1v) is 11.6. The zero-order valence-electron chi connectivity index (χ0n) is 19.4. The Kier molecular flexibility index (Phi) is 7.88. The summed E-state index contributed by atoms with van der Waals surface area (Å²) < 4.78 is 7.22. The molecule has 34 heavy (non-hydrogen) atoms. The van der Waals surface area contributed by atoms with E-state index in [1.165, 1.54) is 5.56 Å². The zero-order chi connectivity index (χ0) is 23.9. The molecule has 4 rings (SSSR count). The Morgan fingerprint density at radius 2 is 1.97 bits per heavy atom. The predicted octanol–water partition coefficient (Wildman–Crippen LogP) is 4.69. The van der Waals surface area contributed by atoms with Gasteiger partial charge >= 0.3 is 0 Å². The van der Waals surface area contributed by atoms with E-state index in [0.717, 1.165) is 48.9 Å². The Labute approximate surface area is 206 Å². The third kappa shape index (κ3) is 5.79. The van der Waals surface area contributed by atoms with Crippen molar-refractivity contribution in [3.63, 3.8) is 0 Å². The van der Waals surface area contributed by atoms with Gasteiger partial charge in [0.25, 0.3) is 0 Å². The first kappa shape index (κ1) is 23.9. The Hall–Kier alpha value is -3.29. The van der Waals surface area contributed by atoms with Crippen molar-refractivity contribution in [3.8, 4) is 17.0 Å². The maximum absolute atomic E-state index is 6.41. The van der Waals surface area contributed by atoms with Gasteiger partial charge in [-0.2, -0.15) is 9.61 Å². The molecule has 0 fully saturated rings. The molecule has 2 radical (unpaired) electrons. The fourth-order valence-corrected chi connectivity index (χ4v) is 3.92. The van der Waals surface area contributed by atoms with Gasteiger partial charge in [0.1, 0.15) is 19.4 Å². The van der Waals surface area contributed by atoms with Crippen LogP contribution in [0.25, 0.3) is 16.9 Å². The lowest BCUT2D eigenvalue weighted by Gasteiger charge is -2.17. The second-order valence-corrected chi connectivity index (χ2v) is 8.50. The number of allylic oxidation sites excluding steroid dienone is 1. The number of anilines is 1. The highest BCUT2D eigenvalue weighted by Gasteiger charge is 2.12. The van der Waals surface area contributed by atoms with Crippen LogP contribution in [-0.4, -0.2) is 47.5 Å². The van der Waals surface area contributed by atoms with Crippen LogP contribution < -0.4 is 15.5 Å². The predicted molar refractivity (Wildman–Crippen MR) is 140 cm³/mol. The normalized spacial score (nSPS) is 11.5. The first-order chi connectivity index (χ1) is 16.5. The van der Waals surface area contributed by atoms with Gasteiger partial charge in [-0.1, -0.05) is 48.0 Å². The van der Waals surface area contributed by atoms with Crippen molar-refractivity contribution < 1.29 is 4.74 Å². The largest absolute Gasteiger partial charge is 0.465 e. The Morgan fingerprint density at radius 3 is 2.74 bits per heavy atom. The molecule has 0 aliphatic heterocycles. The standard InChI is InChI=1S/C26H27BClN5O/c1-3-15-34-20-11-9-19(10-12-20)18-32(2)14-6-13-29-25-16-24(21-7-4-5-8-23(21)28)31-26-22(27)17-30-33(25)26/h3-5,7-12,15-17,29H,6,13-14,18H2,1-2H3/b15-3+. The number of benzene rings is 2. The van der Waals surface area contributed by atoms with E-state index in [4.69, 9.17) is 24.2 Å². The van der Waals surface area contributed by atoms with E-state index >= 15 is 0 Å². The number of aromatic nitrogens is 3. The molecule has 4 aromatic rings. The molecule has 0 aliphatic rings. The molecule has 0 saturated carbocycles. The molecule has 0 unspecified atom stereocenters. The molecule has 0 amide bonds. The van der Waals surface area contributed by atoms with Gasteiger partial charge in [0.05, 0.1) is 12.0 Å². The van der Waals surface area contributed by atoms with Crippen molar-refractivity contribution in [3.05, 3.63) is 83.7 Å². The maximum atomic E-state index is 6.41. The smallest absolute Gasteiger partial charge is 0.150 e. The maximum Gasteiger partial charge on any atom is 0.150 e. The fraction of sp³-hybridized carbons (Fsp3) is 0.231. The molecule has 172 valence electrons. The highest BCUT2D eigenvalue weighted by molar-refractivity contribution is 6.36. The van der Waals surface area contributed by atoms with Crippen molar-refractivity contribution in [1.29, 1.82) is 0 Å². The van der Waals surface area contributed by atoms with Gasteiger partial charge in [0.15, 0.2) is 5.65 Å². The van der Waals surface area contributed by atoms with E-state index in [1.807, 2.05) is 55.5 Å². The summed E-state index contributed by atoms with van der Waals surface area (Å²) in [6, 6.07) is 17.8. The summed E-state index contributed by atoms with van der Waals surface area (Å²) in [5, 5.41) is 8.51. The number of nitrogens with one attached hydrogen (secondary N) is 1. The van der Waals surface area contributed by atoms with Crippen molar-refractivity contribution in [2.24, 2.45) is 0 Å². The number of ether oxygens (including phenoxy) is 1. The van der Waals surface area contributed by atoms with E-state index in [1.54, 1.807) is 17.0 Å². The van der Waals surface area contributed by atoms with Gasteiger partial charge in [-0.15, -0.1) is 0 Å². The van der Waals surface area contributed by atoms with E-state index in [9.17, 15) is 0 Å². The fourth-order valence-electron chi connectivity index (χ4n) is 3.69. The van der Waals surface area contributed by atoms with Crippen molar-refractivity contribution in [2.75, 3.05) is 25.5 Å². The monoisotopic (exact) mass is 471 g/mol. The number of fused-ring (bicyclic) bond motifs is 1. The number of hydrogen-bond acceptors (Lipinski definition) is 5. The average molecular weight is 472 g/mol. The van der Waals surface area contributed by atoms with E-state index in [-0.39, 0.29) is 0 Å². The van der Waals surface area contributed by atoms with Crippen LogP contribution in [0.1, 0.15) is 18.9 Å². The summed E-state index contributed by atoms with van der Waals surface area (Å²) in [6.07, 6.45) is 6.12. The first-order valence-electron chi connectivity index (χ1n) is 11.2. The molecule has 0 atom stereocenters. The van der Waals surface area contributed by atoms with Crippen LogP contribution in [0.4, 0.5) is 5.82 Å². The van der Waals surface area contributed by atoms with Crippen LogP contribution >= 0.6 is 11.6 Å². The summed E-state index contributed by atoms with van der Waals surface area (Å²) >= 11 is 6.41. The van der Waals surface area contributed by atoms with Gasteiger partial charge in [-0.05, 0) is 56.2 Å². The van der Waals surface area contributed by atoms with Gasteiger partial charge in [0, 0.05) is 35.9 Å². The Morgan fingerprint density at radius 1 is 1.18 bits per heavy atom. The van der Waals surface area contributed by atoms with Crippen LogP contribution in [0.3, 0.4) is 0 Å². The Bertz CT molecular complexity index is 1270. The minimum atomic E-state index is 0.527. The minimum absolute atomic E-state index is 0.527. The summed E-state index contributed by atoms with van der Waals surface area (Å²) in [5.41, 5.74) is 4.00. The molecular formula is C26H27BClN5O. The van der Waals surface area contributed by atoms with Crippen LogP contribution in [0.5, 0.6) is 5.75 Å². The molecular weight excluding hydrogens is 445 g/mol. The summed E-state index contributed by atoms with van der Waals surface area (Å²) in [5.74, 6) is 1.67. The van der Waals surface area contributed by atoms with E-state index in [2.05, 4.69) is 39.5 Å². The second kappa shape index (κ2) is 11.2. The van der Waals surface area contributed by atoms with E-state index in [0.29, 0.717) is 16.1 Å². The van der Waals surface area contributed by atoms with Crippen LogP contribution in [0.2, 0.25) is 5.02 Å². The molecule has 8 heteroatoms. The lowest BCUT2D eigenvalue weighted by molar-refractivity contribution is 0.325.